The summed E-state index contributed by atoms with van der Waals surface area (Å²) >= 11 is 1.92. The Morgan fingerprint density at radius 2 is 1.93 bits per heavy atom. The van der Waals surface area contributed by atoms with E-state index in [1.165, 1.54) is 75.3 Å². The van der Waals surface area contributed by atoms with Crippen LogP contribution in [0.15, 0.2) is 24.3 Å². The van der Waals surface area contributed by atoms with Gasteiger partial charge in [-0.1, -0.05) is 6.92 Å². The molecule has 0 amide bonds. The Kier molecular flexibility index (Phi) is 5.27. The lowest BCUT2D eigenvalue weighted by Gasteiger charge is -2.19. The highest BCUT2D eigenvalue weighted by Crippen LogP contribution is 2.36. The van der Waals surface area contributed by atoms with E-state index in [0.717, 1.165) is 32.6 Å². The number of nitrogens with one attached hydrogen (secondary N) is 1. The SMILES string of the molecule is CCc1cc(=[N+]2CCCNCC2)cc2sc3cc(N4CCCC4)cc(C)c3nc1-2. The molecule has 2 fully saturated rings. The van der Waals surface area contributed by atoms with Gasteiger partial charge in [-0.15, -0.1) is 11.3 Å². The smallest absolute Gasteiger partial charge is 0.201 e. The van der Waals surface area contributed by atoms with E-state index in [4.69, 9.17) is 4.98 Å². The monoisotopic (exact) mass is 407 g/mol. The van der Waals surface area contributed by atoms with Crippen molar-refractivity contribution in [2.75, 3.05) is 44.2 Å². The lowest BCUT2D eigenvalue weighted by Crippen LogP contribution is -2.33. The van der Waals surface area contributed by atoms with E-state index in [-0.39, 0.29) is 0 Å². The molecule has 1 aromatic carbocycles. The third-order valence-electron chi connectivity index (χ3n) is 6.39. The largest absolute Gasteiger partial charge is 0.371 e. The lowest BCUT2D eigenvalue weighted by molar-refractivity contribution is 0.598. The second-order valence-electron chi connectivity index (χ2n) is 8.41. The van der Waals surface area contributed by atoms with Crippen LogP contribution in [0.2, 0.25) is 0 Å². The highest BCUT2D eigenvalue weighted by atomic mass is 32.1. The molecular formula is C24H31N4S+. The molecule has 1 aromatic rings. The Labute approximate surface area is 177 Å². The van der Waals surface area contributed by atoms with E-state index in [1.807, 2.05) is 11.3 Å². The van der Waals surface area contributed by atoms with Crippen LogP contribution in [0.4, 0.5) is 5.69 Å². The highest BCUT2D eigenvalue weighted by molar-refractivity contribution is 7.21. The fourth-order valence-electron chi connectivity index (χ4n) is 4.75. The summed E-state index contributed by atoms with van der Waals surface area (Å²) in [4.78, 5) is 9.03. The summed E-state index contributed by atoms with van der Waals surface area (Å²) in [6.07, 6.45) is 4.85. The molecule has 3 heterocycles. The van der Waals surface area contributed by atoms with Crippen molar-refractivity contribution in [3.05, 3.63) is 40.7 Å². The predicted molar refractivity (Wildman–Crippen MR) is 124 cm³/mol. The van der Waals surface area contributed by atoms with Crippen LogP contribution in [0.3, 0.4) is 0 Å². The van der Waals surface area contributed by atoms with Gasteiger partial charge in [0.25, 0.3) is 0 Å². The number of benzene rings is 2. The molecule has 152 valence electrons. The predicted octanol–water partition coefficient (Wildman–Crippen LogP) is 3.64. The van der Waals surface area contributed by atoms with Crippen molar-refractivity contribution in [1.82, 2.24) is 14.9 Å². The van der Waals surface area contributed by atoms with Gasteiger partial charge in [0.2, 0.25) is 5.36 Å². The fraction of sp³-hybridized carbons (Fsp3) is 0.500. The van der Waals surface area contributed by atoms with Gasteiger partial charge in [0, 0.05) is 43.9 Å². The number of anilines is 1. The highest BCUT2D eigenvalue weighted by Gasteiger charge is 2.19. The van der Waals surface area contributed by atoms with E-state index in [0.29, 0.717) is 0 Å². The molecule has 4 aliphatic rings. The van der Waals surface area contributed by atoms with Crippen molar-refractivity contribution in [1.29, 1.82) is 0 Å². The molecule has 0 saturated carbocycles. The minimum absolute atomic E-state index is 1.02. The lowest BCUT2D eigenvalue weighted by atomic mass is 10.1. The topological polar surface area (TPSA) is 31.2 Å². The Hall–Kier alpha value is -1.98. The van der Waals surface area contributed by atoms with Crippen LogP contribution in [0.25, 0.3) is 20.8 Å². The zero-order valence-electron chi connectivity index (χ0n) is 17.6. The number of nitrogens with zero attached hydrogens (tertiary/aromatic N) is 3. The van der Waals surface area contributed by atoms with Crippen molar-refractivity contribution < 1.29 is 0 Å². The van der Waals surface area contributed by atoms with Crippen LogP contribution in [0.5, 0.6) is 0 Å². The van der Waals surface area contributed by atoms with Crippen molar-refractivity contribution in [2.24, 2.45) is 0 Å². The molecule has 2 saturated heterocycles. The molecule has 0 spiro atoms. The van der Waals surface area contributed by atoms with E-state index in [1.54, 1.807) is 0 Å². The van der Waals surface area contributed by atoms with Gasteiger partial charge in [-0.2, -0.15) is 0 Å². The minimum Gasteiger partial charge on any atom is -0.371 e. The van der Waals surface area contributed by atoms with E-state index in [2.05, 4.69) is 52.9 Å². The number of fused-ring (bicyclic) bond motifs is 2. The molecule has 0 unspecified atom stereocenters. The average molecular weight is 408 g/mol. The molecule has 0 bridgehead atoms. The third kappa shape index (κ3) is 3.66. The van der Waals surface area contributed by atoms with E-state index >= 15 is 0 Å². The Balaban J connectivity index is 1.71. The Morgan fingerprint density at radius 3 is 2.76 bits per heavy atom. The number of rotatable bonds is 2. The summed E-state index contributed by atoms with van der Waals surface area (Å²) in [6.45, 7) is 11.2. The van der Waals surface area contributed by atoms with E-state index in [9.17, 15) is 0 Å². The van der Waals surface area contributed by atoms with Gasteiger partial charge in [-0.05, 0) is 49.4 Å². The van der Waals surface area contributed by atoms with Gasteiger partial charge in [0.15, 0.2) is 6.54 Å². The second kappa shape index (κ2) is 8.04. The molecule has 1 aliphatic carbocycles. The summed E-state index contributed by atoms with van der Waals surface area (Å²) in [7, 11) is 0. The van der Waals surface area contributed by atoms with Gasteiger partial charge in [-0.25, -0.2) is 9.56 Å². The van der Waals surface area contributed by atoms with Gasteiger partial charge in [-0.3, -0.25) is 0 Å². The molecule has 3 aliphatic heterocycles. The van der Waals surface area contributed by atoms with Crippen molar-refractivity contribution in [2.45, 2.75) is 39.5 Å². The van der Waals surface area contributed by atoms with Crippen molar-refractivity contribution >= 4 is 27.2 Å². The van der Waals surface area contributed by atoms with Crippen LogP contribution >= 0.6 is 11.3 Å². The fourth-order valence-corrected chi connectivity index (χ4v) is 5.92. The van der Waals surface area contributed by atoms with Gasteiger partial charge in [0.05, 0.1) is 27.3 Å². The maximum atomic E-state index is 5.18. The number of aromatic nitrogens is 1. The van der Waals surface area contributed by atoms with Gasteiger partial charge < -0.3 is 10.2 Å². The van der Waals surface area contributed by atoms with Crippen LogP contribution in [0.1, 0.15) is 37.3 Å². The minimum atomic E-state index is 1.02. The molecular weight excluding hydrogens is 376 g/mol. The molecule has 4 nitrogen and oxygen atoms in total. The summed E-state index contributed by atoms with van der Waals surface area (Å²) in [5.41, 5.74) is 6.41. The molecule has 29 heavy (non-hydrogen) atoms. The number of hydrogen-bond acceptors (Lipinski definition) is 4. The first-order chi connectivity index (χ1) is 14.2. The Bertz CT molecular complexity index is 1070. The first kappa shape index (κ1) is 19.0. The quantitative estimate of drug-likeness (QED) is 0.520. The van der Waals surface area contributed by atoms with Gasteiger partial charge in [0.1, 0.15) is 6.54 Å². The summed E-state index contributed by atoms with van der Waals surface area (Å²) in [5.74, 6) is 0. The summed E-state index contributed by atoms with van der Waals surface area (Å²) in [6, 6.07) is 9.48. The van der Waals surface area contributed by atoms with Crippen LogP contribution in [0, 0.1) is 6.92 Å². The van der Waals surface area contributed by atoms with Crippen LogP contribution in [-0.2, 0) is 6.42 Å². The number of hydrogen-bond donors (Lipinski definition) is 1. The first-order valence-electron chi connectivity index (χ1n) is 11.1. The van der Waals surface area contributed by atoms with Gasteiger partial charge >= 0.3 is 0 Å². The first-order valence-corrected chi connectivity index (χ1v) is 12.0. The summed E-state index contributed by atoms with van der Waals surface area (Å²) in [5, 5.41) is 4.88. The number of aryl methyl sites for hydroxylation is 2. The molecule has 5 heteroatoms. The maximum Gasteiger partial charge on any atom is 0.201 e. The molecule has 0 atom stereocenters. The molecule has 0 radical (unpaired) electrons. The molecule has 5 rings (SSSR count). The zero-order valence-corrected chi connectivity index (χ0v) is 18.4. The third-order valence-corrected chi connectivity index (χ3v) is 7.45. The summed E-state index contributed by atoms with van der Waals surface area (Å²) < 4.78 is 3.86. The van der Waals surface area contributed by atoms with Crippen LogP contribution in [-0.4, -0.2) is 44.3 Å². The standard InChI is InChI=1S/C24H31N4S/c1-3-18-14-20(28-11-6-7-25-8-12-28)16-22-24(18)26-23-17(2)13-19(15-21(23)29-22)27-9-4-5-10-27/h13-16,25H,3-12H2,1-2H3/q+1. The normalized spacial score (nSPS) is 19.9. The Morgan fingerprint density at radius 1 is 1.07 bits per heavy atom. The maximum absolute atomic E-state index is 5.18. The second-order valence-corrected chi connectivity index (χ2v) is 9.50. The zero-order chi connectivity index (χ0) is 19.8. The van der Waals surface area contributed by atoms with Crippen molar-refractivity contribution in [3.8, 4) is 10.6 Å². The molecule has 0 aromatic heterocycles. The molecule has 1 N–H and O–H groups in total. The van der Waals surface area contributed by atoms with Crippen molar-refractivity contribution in [3.63, 3.8) is 0 Å². The van der Waals surface area contributed by atoms with Crippen LogP contribution < -0.4 is 20.1 Å². The van der Waals surface area contributed by atoms with E-state index < -0.39 is 0 Å². The average Bonchev–Trinajstić information content (AvgIpc) is 3.14.